The van der Waals surface area contributed by atoms with Crippen LogP contribution >= 0.6 is 0 Å². The van der Waals surface area contributed by atoms with Crippen molar-refractivity contribution in [1.82, 2.24) is 9.88 Å². The van der Waals surface area contributed by atoms with Gasteiger partial charge in [0.25, 0.3) is 5.56 Å². The van der Waals surface area contributed by atoms with Crippen molar-refractivity contribution in [1.29, 1.82) is 0 Å². The zero-order chi connectivity index (χ0) is 10.4. The first kappa shape index (κ1) is 10.5. The van der Waals surface area contributed by atoms with E-state index >= 15 is 0 Å². The number of hydrogen-bond acceptors (Lipinski definition) is 3. The molecule has 1 rings (SSSR count). The molecule has 0 aliphatic heterocycles. The predicted octanol–water partition coefficient (Wildman–Crippen LogP) is -0.478. The fourth-order valence-electron chi connectivity index (χ4n) is 1.04. The molecule has 1 aromatic heterocycles. The molecule has 1 heterocycles. The monoisotopic (exact) mass is 196 g/mol. The molecule has 14 heavy (non-hydrogen) atoms. The summed E-state index contributed by atoms with van der Waals surface area (Å²) in [7, 11) is 0. The summed E-state index contributed by atoms with van der Waals surface area (Å²) in [5.74, 6) is -0.898. The molecule has 1 aromatic rings. The van der Waals surface area contributed by atoms with Crippen molar-refractivity contribution in [3.63, 3.8) is 0 Å². The minimum absolute atomic E-state index is 0.0791. The van der Waals surface area contributed by atoms with Gasteiger partial charge < -0.3 is 15.0 Å². The lowest BCUT2D eigenvalue weighted by atomic mass is 10.4. The summed E-state index contributed by atoms with van der Waals surface area (Å²) in [4.78, 5) is 21.3. The SMILES string of the molecule is O=C(O)CNCCn1ccccc1=O. The van der Waals surface area contributed by atoms with Gasteiger partial charge >= 0.3 is 5.97 Å². The molecule has 2 N–H and O–H groups in total. The Hall–Kier alpha value is -1.62. The van der Waals surface area contributed by atoms with Gasteiger partial charge in [0.05, 0.1) is 6.54 Å². The van der Waals surface area contributed by atoms with E-state index in [1.54, 1.807) is 18.3 Å². The molecule has 0 aliphatic carbocycles. The molecule has 0 aliphatic rings. The molecular formula is C9H12N2O3. The van der Waals surface area contributed by atoms with Crippen LogP contribution in [0, 0.1) is 0 Å². The third-order valence-electron chi connectivity index (χ3n) is 1.70. The van der Waals surface area contributed by atoms with Crippen LogP contribution < -0.4 is 10.9 Å². The van der Waals surface area contributed by atoms with E-state index in [1.165, 1.54) is 10.6 Å². The maximum Gasteiger partial charge on any atom is 0.317 e. The highest BCUT2D eigenvalue weighted by Crippen LogP contribution is 1.80. The topological polar surface area (TPSA) is 71.3 Å². The maximum absolute atomic E-state index is 11.2. The van der Waals surface area contributed by atoms with E-state index < -0.39 is 5.97 Å². The third kappa shape index (κ3) is 3.40. The van der Waals surface area contributed by atoms with Gasteiger partial charge in [-0.05, 0) is 6.07 Å². The fraction of sp³-hybridized carbons (Fsp3) is 0.333. The zero-order valence-corrected chi connectivity index (χ0v) is 7.64. The molecule has 76 valence electrons. The summed E-state index contributed by atoms with van der Waals surface area (Å²) < 4.78 is 1.52. The number of hydrogen-bond donors (Lipinski definition) is 2. The minimum atomic E-state index is -0.898. The second kappa shape index (κ2) is 5.18. The van der Waals surface area contributed by atoms with Gasteiger partial charge in [0.1, 0.15) is 0 Å². The van der Waals surface area contributed by atoms with Crippen LogP contribution in [0.1, 0.15) is 0 Å². The van der Waals surface area contributed by atoms with Crippen LogP contribution in [0.25, 0.3) is 0 Å². The molecule has 0 bridgehead atoms. The van der Waals surface area contributed by atoms with Crippen LogP contribution in [0.4, 0.5) is 0 Å². The quantitative estimate of drug-likeness (QED) is 0.624. The number of pyridine rings is 1. The van der Waals surface area contributed by atoms with E-state index in [0.717, 1.165) is 0 Å². The second-order valence-corrected chi connectivity index (χ2v) is 2.80. The fourth-order valence-corrected chi connectivity index (χ4v) is 1.04. The largest absolute Gasteiger partial charge is 0.480 e. The molecular weight excluding hydrogens is 184 g/mol. The number of aliphatic carboxylic acids is 1. The first-order valence-electron chi connectivity index (χ1n) is 4.28. The lowest BCUT2D eigenvalue weighted by molar-refractivity contribution is -0.135. The maximum atomic E-state index is 11.2. The van der Waals surface area contributed by atoms with E-state index in [1.807, 2.05) is 0 Å². The Bertz CT molecular complexity index is 359. The van der Waals surface area contributed by atoms with Crippen molar-refractivity contribution in [2.75, 3.05) is 13.1 Å². The van der Waals surface area contributed by atoms with Crippen LogP contribution in [0.3, 0.4) is 0 Å². The Kier molecular flexibility index (Phi) is 3.87. The number of aromatic nitrogens is 1. The van der Waals surface area contributed by atoms with Crippen LogP contribution in [0.2, 0.25) is 0 Å². The van der Waals surface area contributed by atoms with Gasteiger partial charge in [-0.1, -0.05) is 6.07 Å². The number of carboxylic acids is 1. The highest BCUT2D eigenvalue weighted by molar-refractivity contribution is 5.68. The van der Waals surface area contributed by atoms with Crippen molar-refractivity contribution < 1.29 is 9.90 Å². The molecule has 5 nitrogen and oxygen atoms in total. The van der Waals surface area contributed by atoms with Crippen molar-refractivity contribution in [2.45, 2.75) is 6.54 Å². The first-order valence-corrected chi connectivity index (χ1v) is 4.28. The van der Waals surface area contributed by atoms with Gasteiger partial charge in [0.2, 0.25) is 0 Å². The lowest BCUT2D eigenvalue weighted by Gasteiger charge is -2.04. The average molecular weight is 196 g/mol. The van der Waals surface area contributed by atoms with Crippen LogP contribution in [-0.2, 0) is 11.3 Å². The van der Waals surface area contributed by atoms with Gasteiger partial charge in [0, 0.05) is 25.4 Å². The summed E-state index contributed by atoms with van der Waals surface area (Å²) in [6, 6.07) is 4.90. The van der Waals surface area contributed by atoms with E-state index in [4.69, 9.17) is 5.11 Å². The van der Waals surface area contributed by atoms with Gasteiger partial charge in [-0.25, -0.2) is 0 Å². The number of nitrogens with zero attached hydrogens (tertiary/aromatic N) is 1. The number of rotatable bonds is 5. The molecule has 0 spiro atoms. The van der Waals surface area contributed by atoms with Gasteiger partial charge in [-0.3, -0.25) is 9.59 Å². The summed E-state index contributed by atoms with van der Waals surface area (Å²) >= 11 is 0. The molecule has 0 aromatic carbocycles. The van der Waals surface area contributed by atoms with E-state index in [-0.39, 0.29) is 12.1 Å². The molecule has 0 atom stereocenters. The molecule has 0 saturated carbocycles. The standard InChI is InChI=1S/C9H12N2O3/c12-8-3-1-2-5-11(8)6-4-10-7-9(13)14/h1-3,5,10H,4,6-7H2,(H,13,14). The van der Waals surface area contributed by atoms with Crippen molar-refractivity contribution in [2.24, 2.45) is 0 Å². The second-order valence-electron chi connectivity index (χ2n) is 2.80. The number of nitrogens with one attached hydrogen (secondary N) is 1. The Balaban J connectivity index is 2.35. The van der Waals surface area contributed by atoms with Crippen molar-refractivity contribution in [3.8, 4) is 0 Å². The highest BCUT2D eigenvalue weighted by Gasteiger charge is 1.96. The summed E-state index contributed by atoms with van der Waals surface area (Å²) in [5, 5.41) is 11.0. The molecule has 0 unspecified atom stereocenters. The summed E-state index contributed by atoms with van der Waals surface area (Å²) in [5.41, 5.74) is -0.0791. The van der Waals surface area contributed by atoms with Crippen molar-refractivity contribution in [3.05, 3.63) is 34.7 Å². The number of carbonyl (C=O) groups is 1. The van der Waals surface area contributed by atoms with E-state index in [9.17, 15) is 9.59 Å². The van der Waals surface area contributed by atoms with Crippen LogP contribution in [0.5, 0.6) is 0 Å². The summed E-state index contributed by atoms with van der Waals surface area (Å²) in [6.45, 7) is 0.866. The molecule has 0 saturated heterocycles. The predicted molar refractivity (Wildman–Crippen MR) is 51.2 cm³/mol. The Labute approximate surface area is 81.0 Å². The van der Waals surface area contributed by atoms with Crippen molar-refractivity contribution >= 4 is 5.97 Å². The van der Waals surface area contributed by atoms with E-state index in [0.29, 0.717) is 13.1 Å². The normalized spacial score (nSPS) is 10.0. The zero-order valence-electron chi connectivity index (χ0n) is 7.64. The molecule has 5 heteroatoms. The van der Waals surface area contributed by atoms with Crippen LogP contribution in [-0.4, -0.2) is 28.7 Å². The van der Waals surface area contributed by atoms with Crippen LogP contribution in [0.15, 0.2) is 29.2 Å². The minimum Gasteiger partial charge on any atom is -0.480 e. The van der Waals surface area contributed by atoms with Gasteiger partial charge in [-0.2, -0.15) is 0 Å². The Morgan fingerprint density at radius 3 is 2.93 bits per heavy atom. The highest BCUT2D eigenvalue weighted by atomic mass is 16.4. The summed E-state index contributed by atoms with van der Waals surface area (Å²) in [6.07, 6.45) is 1.67. The first-order chi connectivity index (χ1) is 6.70. The third-order valence-corrected chi connectivity index (χ3v) is 1.70. The van der Waals surface area contributed by atoms with Gasteiger partial charge in [-0.15, -0.1) is 0 Å². The molecule has 0 radical (unpaired) electrons. The molecule has 0 fully saturated rings. The van der Waals surface area contributed by atoms with Gasteiger partial charge in [0.15, 0.2) is 0 Å². The molecule has 0 amide bonds. The smallest absolute Gasteiger partial charge is 0.317 e. The Morgan fingerprint density at radius 1 is 1.50 bits per heavy atom. The number of carboxylic acid groups (broad SMARTS) is 1. The Morgan fingerprint density at radius 2 is 2.29 bits per heavy atom. The van der Waals surface area contributed by atoms with E-state index in [2.05, 4.69) is 5.32 Å². The lowest BCUT2D eigenvalue weighted by Crippen LogP contribution is -2.29. The average Bonchev–Trinajstić information content (AvgIpc) is 2.15.